The topological polar surface area (TPSA) is 29.5 Å². The van der Waals surface area contributed by atoms with Crippen molar-refractivity contribution in [1.82, 2.24) is 4.90 Å². The number of carbonyl (C=O) groups excluding carboxylic acids is 1. The van der Waals surface area contributed by atoms with E-state index in [9.17, 15) is 4.79 Å². The zero-order chi connectivity index (χ0) is 12.3. The van der Waals surface area contributed by atoms with Crippen molar-refractivity contribution in [3.8, 4) is 0 Å². The van der Waals surface area contributed by atoms with Gasteiger partial charge in [-0.2, -0.15) is 0 Å². The Labute approximate surface area is 105 Å². The summed E-state index contributed by atoms with van der Waals surface area (Å²) in [6.07, 6.45) is 8.57. The van der Waals surface area contributed by atoms with Crippen molar-refractivity contribution in [3.05, 3.63) is 0 Å². The molecule has 1 aliphatic carbocycles. The lowest BCUT2D eigenvalue weighted by Gasteiger charge is -2.42. The van der Waals surface area contributed by atoms with Crippen molar-refractivity contribution in [3.63, 3.8) is 0 Å². The van der Waals surface area contributed by atoms with Crippen LogP contribution in [-0.2, 0) is 9.53 Å². The van der Waals surface area contributed by atoms with E-state index in [0.29, 0.717) is 6.04 Å². The molecule has 98 valence electrons. The fraction of sp³-hybridized carbons (Fsp3) is 0.929. The summed E-state index contributed by atoms with van der Waals surface area (Å²) >= 11 is 0. The number of rotatable bonds is 2. The molecular weight excluding hydrogens is 214 g/mol. The van der Waals surface area contributed by atoms with E-state index in [0.717, 1.165) is 18.9 Å². The molecule has 3 heteroatoms. The second-order valence-corrected chi connectivity index (χ2v) is 5.70. The predicted molar refractivity (Wildman–Crippen MR) is 67.8 cm³/mol. The number of hydrogen-bond acceptors (Lipinski definition) is 3. The quantitative estimate of drug-likeness (QED) is 0.694. The molecule has 2 unspecified atom stereocenters. The molecule has 0 radical (unpaired) electrons. The highest BCUT2D eigenvalue weighted by molar-refractivity contribution is 5.75. The molecule has 0 aromatic heterocycles. The van der Waals surface area contributed by atoms with E-state index in [1.165, 1.54) is 45.6 Å². The molecule has 0 spiro atoms. The van der Waals surface area contributed by atoms with Crippen molar-refractivity contribution in [2.45, 2.75) is 64.0 Å². The molecule has 17 heavy (non-hydrogen) atoms. The van der Waals surface area contributed by atoms with Crippen LogP contribution in [0.15, 0.2) is 0 Å². The van der Waals surface area contributed by atoms with E-state index < -0.39 is 0 Å². The van der Waals surface area contributed by atoms with Crippen LogP contribution in [-0.4, -0.2) is 36.6 Å². The summed E-state index contributed by atoms with van der Waals surface area (Å²) in [6, 6.07) is 0.646. The van der Waals surface area contributed by atoms with Gasteiger partial charge >= 0.3 is 5.97 Å². The number of hydrogen-bond donors (Lipinski definition) is 0. The number of piperidine rings is 1. The van der Waals surface area contributed by atoms with Crippen LogP contribution in [0.25, 0.3) is 0 Å². The van der Waals surface area contributed by atoms with E-state index in [2.05, 4.69) is 11.8 Å². The molecule has 2 aliphatic rings. The van der Waals surface area contributed by atoms with Crippen LogP contribution in [0.2, 0.25) is 0 Å². The predicted octanol–water partition coefficient (Wildman–Crippen LogP) is 2.59. The van der Waals surface area contributed by atoms with Gasteiger partial charge < -0.3 is 4.74 Å². The molecular formula is C14H25NO2. The third kappa shape index (κ3) is 3.01. The van der Waals surface area contributed by atoms with Gasteiger partial charge in [0, 0.05) is 6.04 Å². The monoisotopic (exact) mass is 239 g/mol. The highest BCUT2D eigenvalue weighted by Crippen LogP contribution is 2.31. The van der Waals surface area contributed by atoms with Gasteiger partial charge in [-0.05, 0) is 38.1 Å². The molecule has 1 heterocycles. The minimum atomic E-state index is -0.0251. The van der Waals surface area contributed by atoms with Crippen LogP contribution in [0, 0.1) is 5.92 Å². The smallest absolute Gasteiger partial charge is 0.323 e. The SMILES string of the molecule is COC(=O)[C@H]1CCCCN1C1CCCC(C)C1. The Morgan fingerprint density at radius 1 is 1.18 bits per heavy atom. The highest BCUT2D eigenvalue weighted by Gasteiger charge is 2.35. The van der Waals surface area contributed by atoms with Gasteiger partial charge in [-0.1, -0.05) is 26.2 Å². The number of carbonyl (C=O) groups is 1. The molecule has 3 atom stereocenters. The van der Waals surface area contributed by atoms with Crippen LogP contribution in [0.1, 0.15) is 51.9 Å². The van der Waals surface area contributed by atoms with Crippen LogP contribution in [0.4, 0.5) is 0 Å². The Balaban J connectivity index is 2.02. The standard InChI is InChI=1S/C14H25NO2/c1-11-6-5-7-12(10-11)15-9-4-3-8-13(15)14(16)17-2/h11-13H,3-10H2,1-2H3/t11?,12?,13-/m1/s1. The van der Waals surface area contributed by atoms with E-state index in [1.54, 1.807) is 0 Å². The summed E-state index contributed by atoms with van der Waals surface area (Å²) in [6.45, 7) is 3.42. The summed E-state index contributed by atoms with van der Waals surface area (Å²) < 4.78 is 4.96. The Kier molecular flexibility index (Phi) is 4.43. The third-order valence-electron chi connectivity index (χ3n) is 4.40. The molecule has 1 saturated carbocycles. The number of likely N-dealkylation sites (tertiary alicyclic amines) is 1. The van der Waals surface area contributed by atoms with E-state index in [1.807, 2.05) is 0 Å². The summed E-state index contributed by atoms with van der Waals surface area (Å²) in [5.41, 5.74) is 0. The number of esters is 1. The maximum Gasteiger partial charge on any atom is 0.323 e. The molecule has 0 aromatic carbocycles. The second-order valence-electron chi connectivity index (χ2n) is 5.70. The summed E-state index contributed by atoms with van der Waals surface area (Å²) in [4.78, 5) is 14.3. The van der Waals surface area contributed by atoms with E-state index in [4.69, 9.17) is 4.74 Å². The fourth-order valence-electron chi connectivity index (χ4n) is 3.48. The maximum absolute atomic E-state index is 11.8. The van der Waals surface area contributed by atoms with Gasteiger partial charge in [0.2, 0.25) is 0 Å². The minimum absolute atomic E-state index is 0.0251. The lowest BCUT2D eigenvalue weighted by atomic mass is 9.84. The van der Waals surface area contributed by atoms with Gasteiger partial charge in [0.15, 0.2) is 0 Å². The van der Waals surface area contributed by atoms with Crippen LogP contribution in [0.3, 0.4) is 0 Å². The Morgan fingerprint density at radius 3 is 2.71 bits per heavy atom. The largest absolute Gasteiger partial charge is 0.468 e. The first kappa shape index (κ1) is 12.9. The highest BCUT2D eigenvalue weighted by atomic mass is 16.5. The van der Waals surface area contributed by atoms with Gasteiger partial charge in [-0.15, -0.1) is 0 Å². The Hall–Kier alpha value is -0.570. The average Bonchev–Trinajstić information content (AvgIpc) is 2.38. The van der Waals surface area contributed by atoms with E-state index in [-0.39, 0.29) is 12.0 Å². The lowest BCUT2D eigenvalue weighted by Crippen LogP contribution is -2.51. The average molecular weight is 239 g/mol. The first-order chi connectivity index (χ1) is 8.22. The van der Waals surface area contributed by atoms with Crippen molar-refractivity contribution in [1.29, 1.82) is 0 Å². The Bertz CT molecular complexity index is 267. The Morgan fingerprint density at radius 2 is 2.00 bits per heavy atom. The molecule has 0 N–H and O–H groups in total. The van der Waals surface area contributed by atoms with Crippen molar-refractivity contribution >= 4 is 5.97 Å². The van der Waals surface area contributed by atoms with Crippen molar-refractivity contribution < 1.29 is 9.53 Å². The van der Waals surface area contributed by atoms with Gasteiger partial charge in [-0.25, -0.2) is 0 Å². The fourth-order valence-corrected chi connectivity index (χ4v) is 3.48. The molecule has 1 aliphatic heterocycles. The van der Waals surface area contributed by atoms with Gasteiger partial charge in [0.1, 0.15) is 6.04 Å². The number of ether oxygens (including phenoxy) is 1. The van der Waals surface area contributed by atoms with Crippen LogP contribution >= 0.6 is 0 Å². The van der Waals surface area contributed by atoms with Crippen LogP contribution < -0.4 is 0 Å². The van der Waals surface area contributed by atoms with Crippen LogP contribution in [0.5, 0.6) is 0 Å². The van der Waals surface area contributed by atoms with E-state index >= 15 is 0 Å². The number of methoxy groups -OCH3 is 1. The maximum atomic E-state index is 11.8. The number of nitrogens with zero attached hydrogens (tertiary/aromatic N) is 1. The zero-order valence-electron chi connectivity index (χ0n) is 11.2. The van der Waals surface area contributed by atoms with Gasteiger partial charge in [0.25, 0.3) is 0 Å². The molecule has 0 bridgehead atoms. The summed E-state index contributed by atoms with van der Waals surface area (Å²) in [5, 5.41) is 0. The summed E-state index contributed by atoms with van der Waals surface area (Å²) in [7, 11) is 1.51. The molecule has 0 aromatic rings. The molecule has 2 rings (SSSR count). The lowest BCUT2D eigenvalue weighted by molar-refractivity contribution is -0.150. The summed E-state index contributed by atoms with van der Waals surface area (Å²) in [5.74, 6) is 0.789. The second kappa shape index (κ2) is 5.85. The third-order valence-corrected chi connectivity index (χ3v) is 4.40. The normalized spacial score (nSPS) is 35.5. The molecule has 2 fully saturated rings. The van der Waals surface area contributed by atoms with Gasteiger partial charge in [0.05, 0.1) is 7.11 Å². The van der Waals surface area contributed by atoms with Crippen molar-refractivity contribution in [2.75, 3.05) is 13.7 Å². The molecule has 3 nitrogen and oxygen atoms in total. The first-order valence-electron chi connectivity index (χ1n) is 7.06. The molecule has 0 amide bonds. The van der Waals surface area contributed by atoms with Gasteiger partial charge in [-0.3, -0.25) is 9.69 Å². The van der Waals surface area contributed by atoms with Crippen molar-refractivity contribution in [2.24, 2.45) is 5.92 Å². The first-order valence-corrected chi connectivity index (χ1v) is 7.06. The minimum Gasteiger partial charge on any atom is -0.468 e. The zero-order valence-corrected chi connectivity index (χ0v) is 11.2. The molecule has 1 saturated heterocycles.